The molecule has 2 N–H and O–H groups in total. The Morgan fingerprint density at radius 3 is 1.95 bits per heavy atom. The van der Waals surface area contributed by atoms with E-state index in [0.29, 0.717) is 11.4 Å². The van der Waals surface area contributed by atoms with Gasteiger partial charge in [0.15, 0.2) is 0 Å². The Bertz CT molecular complexity index is 1510. The number of imidazole rings is 1. The van der Waals surface area contributed by atoms with Gasteiger partial charge < -0.3 is 15.2 Å². The SMILES string of the molecule is Cc1ncn(C)c1-c1ccc(NC(=O)[C@@H](NC(=O)c2ccnn2C)C(c2ccccc2)c2ccccc2)cc1. The molecule has 1 atom stereocenters. The molecular weight excluding hydrogens is 488 g/mol. The topological polar surface area (TPSA) is 93.8 Å². The molecule has 0 unspecified atom stereocenters. The maximum atomic E-state index is 14.0. The average molecular weight is 519 g/mol. The van der Waals surface area contributed by atoms with Crippen LogP contribution in [0.3, 0.4) is 0 Å². The largest absolute Gasteiger partial charge is 0.338 e. The summed E-state index contributed by atoms with van der Waals surface area (Å²) in [5.41, 5.74) is 5.76. The van der Waals surface area contributed by atoms with Crippen molar-refractivity contribution in [2.24, 2.45) is 14.1 Å². The Labute approximate surface area is 227 Å². The molecule has 8 nitrogen and oxygen atoms in total. The first kappa shape index (κ1) is 25.7. The average Bonchev–Trinajstić information content (AvgIpc) is 3.54. The van der Waals surface area contributed by atoms with Crippen LogP contribution in [0.5, 0.6) is 0 Å². The van der Waals surface area contributed by atoms with Crippen LogP contribution < -0.4 is 10.6 Å². The number of hydrogen-bond acceptors (Lipinski definition) is 4. The van der Waals surface area contributed by atoms with Crippen LogP contribution in [0.2, 0.25) is 0 Å². The van der Waals surface area contributed by atoms with E-state index in [0.717, 1.165) is 28.1 Å². The maximum absolute atomic E-state index is 14.0. The number of amides is 2. The molecule has 2 amide bonds. The fourth-order valence-electron chi connectivity index (χ4n) is 4.90. The summed E-state index contributed by atoms with van der Waals surface area (Å²) in [6.45, 7) is 1.97. The summed E-state index contributed by atoms with van der Waals surface area (Å²) in [7, 11) is 3.65. The van der Waals surface area contributed by atoms with Gasteiger partial charge in [0.1, 0.15) is 11.7 Å². The van der Waals surface area contributed by atoms with Gasteiger partial charge in [-0.3, -0.25) is 14.3 Å². The van der Waals surface area contributed by atoms with Crippen LogP contribution in [-0.2, 0) is 18.9 Å². The molecule has 0 spiro atoms. The summed E-state index contributed by atoms with van der Waals surface area (Å²) in [6.07, 6.45) is 3.34. The molecule has 5 aromatic rings. The van der Waals surface area contributed by atoms with Crippen molar-refractivity contribution in [1.82, 2.24) is 24.6 Å². The number of rotatable bonds is 8. The summed E-state index contributed by atoms with van der Waals surface area (Å²) in [5, 5.41) is 10.1. The molecular formula is C31H30N6O2. The first-order chi connectivity index (χ1) is 18.9. The third-order valence-corrected chi connectivity index (χ3v) is 6.82. The van der Waals surface area contributed by atoms with Gasteiger partial charge in [0.2, 0.25) is 5.91 Å². The predicted octanol–water partition coefficient (Wildman–Crippen LogP) is 4.70. The van der Waals surface area contributed by atoms with Gasteiger partial charge in [0.25, 0.3) is 5.91 Å². The van der Waals surface area contributed by atoms with E-state index in [9.17, 15) is 9.59 Å². The van der Waals surface area contributed by atoms with Gasteiger partial charge in [0, 0.05) is 37.5 Å². The van der Waals surface area contributed by atoms with E-state index in [2.05, 4.69) is 20.7 Å². The lowest BCUT2D eigenvalue weighted by Crippen LogP contribution is -2.48. The second kappa shape index (κ2) is 11.2. The zero-order valence-electron chi connectivity index (χ0n) is 22.1. The Balaban J connectivity index is 1.49. The van der Waals surface area contributed by atoms with Crippen LogP contribution in [-0.4, -0.2) is 37.2 Å². The quantitative estimate of drug-likeness (QED) is 0.311. The van der Waals surface area contributed by atoms with Crippen LogP contribution in [0.15, 0.2) is 104 Å². The van der Waals surface area contributed by atoms with Crippen molar-refractivity contribution in [2.45, 2.75) is 18.9 Å². The van der Waals surface area contributed by atoms with E-state index in [1.807, 2.05) is 103 Å². The minimum absolute atomic E-state index is 0.326. The molecule has 0 saturated carbocycles. The monoisotopic (exact) mass is 518 g/mol. The zero-order chi connectivity index (χ0) is 27.4. The fourth-order valence-corrected chi connectivity index (χ4v) is 4.90. The second-order valence-electron chi connectivity index (χ2n) is 9.45. The lowest BCUT2D eigenvalue weighted by Gasteiger charge is -2.28. The number of aryl methyl sites for hydroxylation is 3. The van der Waals surface area contributed by atoms with Crippen LogP contribution in [0.4, 0.5) is 5.69 Å². The second-order valence-corrected chi connectivity index (χ2v) is 9.45. The molecule has 0 saturated heterocycles. The molecule has 196 valence electrons. The number of carbonyl (C=O) groups excluding carboxylic acids is 2. The molecule has 39 heavy (non-hydrogen) atoms. The van der Waals surface area contributed by atoms with Crippen molar-refractivity contribution in [3.8, 4) is 11.3 Å². The highest BCUT2D eigenvalue weighted by molar-refractivity contribution is 6.01. The molecule has 5 rings (SSSR count). The van der Waals surface area contributed by atoms with E-state index in [4.69, 9.17) is 0 Å². The van der Waals surface area contributed by atoms with Crippen LogP contribution >= 0.6 is 0 Å². The number of nitrogens with one attached hydrogen (secondary N) is 2. The Morgan fingerprint density at radius 1 is 0.821 bits per heavy atom. The van der Waals surface area contributed by atoms with E-state index in [1.165, 1.54) is 4.68 Å². The zero-order valence-corrected chi connectivity index (χ0v) is 22.1. The van der Waals surface area contributed by atoms with Crippen molar-refractivity contribution in [3.05, 3.63) is 126 Å². The highest BCUT2D eigenvalue weighted by atomic mass is 16.2. The van der Waals surface area contributed by atoms with Gasteiger partial charge in [-0.05, 0) is 36.2 Å². The molecule has 0 aliphatic rings. The number of aromatic nitrogens is 4. The molecule has 8 heteroatoms. The molecule has 0 aliphatic carbocycles. The Hall–Kier alpha value is -4.98. The Morgan fingerprint density at radius 2 is 1.44 bits per heavy atom. The number of carbonyl (C=O) groups is 2. The third kappa shape index (κ3) is 5.50. The van der Waals surface area contributed by atoms with Crippen molar-refractivity contribution >= 4 is 17.5 Å². The van der Waals surface area contributed by atoms with Crippen molar-refractivity contribution in [2.75, 3.05) is 5.32 Å². The summed E-state index contributed by atoms with van der Waals surface area (Å²) < 4.78 is 3.46. The van der Waals surface area contributed by atoms with Gasteiger partial charge in [-0.25, -0.2) is 4.98 Å². The summed E-state index contributed by atoms with van der Waals surface area (Å²) >= 11 is 0. The Kier molecular flexibility index (Phi) is 7.36. The predicted molar refractivity (Wildman–Crippen MR) is 151 cm³/mol. The van der Waals surface area contributed by atoms with Crippen molar-refractivity contribution in [1.29, 1.82) is 0 Å². The minimum atomic E-state index is -0.906. The first-order valence-electron chi connectivity index (χ1n) is 12.7. The van der Waals surface area contributed by atoms with Gasteiger partial charge in [-0.15, -0.1) is 0 Å². The lowest BCUT2D eigenvalue weighted by molar-refractivity contribution is -0.118. The smallest absolute Gasteiger partial charge is 0.270 e. The summed E-state index contributed by atoms with van der Waals surface area (Å²) in [4.78, 5) is 31.7. The summed E-state index contributed by atoms with van der Waals surface area (Å²) in [6, 6.07) is 27.8. The van der Waals surface area contributed by atoms with E-state index >= 15 is 0 Å². The molecule has 2 aromatic heterocycles. The maximum Gasteiger partial charge on any atom is 0.270 e. The van der Waals surface area contributed by atoms with Crippen LogP contribution in [0, 0.1) is 6.92 Å². The third-order valence-electron chi connectivity index (χ3n) is 6.82. The fraction of sp³-hybridized carbons (Fsp3) is 0.161. The first-order valence-corrected chi connectivity index (χ1v) is 12.7. The van der Waals surface area contributed by atoms with Gasteiger partial charge in [0.05, 0.1) is 17.7 Å². The molecule has 3 aromatic carbocycles. The van der Waals surface area contributed by atoms with Gasteiger partial charge in [-0.2, -0.15) is 5.10 Å². The number of nitrogens with zero attached hydrogens (tertiary/aromatic N) is 4. The lowest BCUT2D eigenvalue weighted by atomic mass is 9.84. The highest BCUT2D eigenvalue weighted by Crippen LogP contribution is 2.30. The standard InChI is InChI=1S/C31H30N6O2/c1-21-29(36(2)20-32-21)24-14-16-25(17-15-24)34-31(39)28(35-30(38)26-18-19-33-37(26)3)27(22-10-6-4-7-11-22)23-12-8-5-9-13-23/h4-20,27-28H,1-3H3,(H,34,39)(H,35,38)/t28-/m0/s1. The molecule has 0 bridgehead atoms. The van der Waals surface area contributed by atoms with Gasteiger partial charge in [-0.1, -0.05) is 72.8 Å². The number of benzene rings is 3. The molecule has 2 heterocycles. The molecule has 0 fully saturated rings. The van der Waals surface area contributed by atoms with Crippen LogP contribution in [0.1, 0.15) is 33.2 Å². The van der Waals surface area contributed by atoms with Gasteiger partial charge >= 0.3 is 0 Å². The number of anilines is 1. The van der Waals surface area contributed by atoms with Crippen LogP contribution in [0.25, 0.3) is 11.3 Å². The minimum Gasteiger partial charge on any atom is -0.338 e. The van der Waals surface area contributed by atoms with E-state index in [1.54, 1.807) is 25.6 Å². The van der Waals surface area contributed by atoms with E-state index < -0.39 is 12.0 Å². The molecule has 0 radical (unpaired) electrons. The number of hydrogen-bond donors (Lipinski definition) is 2. The normalized spacial score (nSPS) is 11.8. The van der Waals surface area contributed by atoms with Crippen molar-refractivity contribution in [3.63, 3.8) is 0 Å². The summed E-state index contributed by atoms with van der Waals surface area (Å²) in [5.74, 6) is -1.14. The van der Waals surface area contributed by atoms with Crippen molar-refractivity contribution < 1.29 is 9.59 Å². The highest BCUT2D eigenvalue weighted by Gasteiger charge is 2.33. The molecule has 0 aliphatic heterocycles. The van der Waals surface area contributed by atoms with E-state index in [-0.39, 0.29) is 11.8 Å².